The SMILES string of the molecule is O=C(OCC(C(OC(=O)c1ccccc1)c1ccccc1)[N+](=O)[O-])c1ccccc1. The topological polar surface area (TPSA) is 95.7 Å². The molecule has 3 rings (SSSR count). The number of carbonyl (C=O) groups excluding carboxylic acids is 2. The van der Waals surface area contributed by atoms with Crippen LogP contribution in [0.3, 0.4) is 0 Å². The summed E-state index contributed by atoms with van der Waals surface area (Å²) in [5.41, 5.74) is 0.971. The molecule has 3 aromatic carbocycles. The van der Waals surface area contributed by atoms with Gasteiger partial charge in [-0.1, -0.05) is 66.7 Å². The van der Waals surface area contributed by atoms with Crippen molar-refractivity contribution in [3.63, 3.8) is 0 Å². The van der Waals surface area contributed by atoms with Gasteiger partial charge in [0.15, 0.2) is 12.7 Å². The fraction of sp³-hybridized carbons (Fsp3) is 0.130. The summed E-state index contributed by atoms with van der Waals surface area (Å²) < 4.78 is 10.7. The molecule has 0 aliphatic heterocycles. The van der Waals surface area contributed by atoms with Crippen LogP contribution in [0.15, 0.2) is 91.0 Å². The van der Waals surface area contributed by atoms with Crippen molar-refractivity contribution in [3.8, 4) is 0 Å². The Hall–Kier alpha value is -4.00. The third-order valence-corrected chi connectivity index (χ3v) is 4.39. The van der Waals surface area contributed by atoms with E-state index < -0.39 is 35.6 Å². The average molecular weight is 405 g/mol. The largest absolute Gasteiger partial charge is 0.455 e. The van der Waals surface area contributed by atoms with Gasteiger partial charge in [-0.15, -0.1) is 0 Å². The third kappa shape index (κ3) is 5.29. The van der Waals surface area contributed by atoms with Crippen LogP contribution in [-0.2, 0) is 9.47 Å². The Labute approximate surface area is 173 Å². The molecular formula is C23H19NO6. The second kappa shape index (κ2) is 9.97. The zero-order valence-electron chi connectivity index (χ0n) is 15.9. The lowest BCUT2D eigenvalue weighted by Crippen LogP contribution is -2.36. The van der Waals surface area contributed by atoms with Crippen LogP contribution in [0.25, 0.3) is 0 Å². The van der Waals surface area contributed by atoms with Crippen LogP contribution in [0, 0.1) is 10.1 Å². The van der Waals surface area contributed by atoms with Gasteiger partial charge in [0.05, 0.1) is 11.1 Å². The Morgan fingerprint density at radius 2 is 1.23 bits per heavy atom. The van der Waals surface area contributed by atoms with Gasteiger partial charge in [0, 0.05) is 4.92 Å². The maximum Gasteiger partial charge on any atom is 0.338 e. The minimum Gasteiger partial charge on any atom is -0.455 e. The summed E-state index contributed by atoms with van der Waals surface area (Å²) in [7, 11) is 0. The maximum atomic E-state index is 12.6. The summed E-state index contributed by atoms with van der Waals surface area (Å²) in [5.74, 6) is -1.39. The number of nitrogens with zero attached hydrogens (tertiary/aromatic N) is 1. The Morgan fingerprint density at radius 3 is 1.73 bits per heavy atom. The van der Waals surface area contributed by atoms with Gasteiger partial charge in [0.2, 0.25) is 0 Å². The predicted molar refractivity (Wildman–Crippen MR) is 109 cm³/mol. The minimum atomic E-state index is -1.48. The highest BCUT2D eigenvalue weighted by Gasteiger charge is 2.37. The van der Waals surface area contributed by atoms with Crippen molar-refractivity contribution in [1.29, 1.82) is 0 Å². The van der Waals surface area contributed by atoms with Crippen molar-refractivity contribution in [1.82, 2.24) is 0 Å². The molecule has 3 aromatic rings. The summed E-state index contributed by atoms with van der Waals surface area (Å²) in [6, 6.07) is 23.2. The first kappa shape index (κ1) is 20.7. The van der Waals surface area contributed by atoms with Gasteiger partial charge in [-0.2, -0.15) is 0 Å². The van der Waals surface area contributed by atoms with Crippen LogP contribution in [-0.4, -0.2) is 29.5 Å². The third-order valence-electron chi connectivity index (χ3n) is 4.39. The first-order valence-electron chi connectivity index (χ1n) is 9.23. The van der Waals surface area contributed by atoms with Crippen LogP contribution < -0.4 is 0 Å². The lowest BCUT2D eigenvalue weighted by Gasteiger charge is -2.21. The van der Waals surface area contributed by atoms with E-state index in [1.807, 2.05) is 0 Å². The number of esters is 2. The molecule has 7 heteroatoms. The van der Waals surface area contributed by atoms with E-state index in [-0.39, 0.29) is 11.1 Å². The molecule has 0 radical (unpaired) electrons. The van der Waals surface area contributed by atoms with Crippen LogP contribution in [0.4, 0.5) is 0 Å². The van der Waals surface area contributed by atoms with Crippen LogP contribution in [0.5, 0.6) is 0 Å². The smallest absolute Gasteiger partial charge is 0.338 e. The molecule has 0 amide bonds. The number of hydrogen-bond acceptors (Lipinski definition) is 6. The molecule has 2 unspecified atom stereocenters. The number of hydrogen-bond donors (Lipinski definition) is 0. The second-order valence-corrected chi connectivity index (χ2v) is 6.42. The molecule has 30 heavy (non-hydrogen) atoms. The van der Waals surface area contributed by atoms with Gasteiger partial charge in [0.1, 0.15) is 0 Å². The van der Waals surface area contributed by atoms with E-state index in [0.29, 0.717) is 5.56 Å². The molecule has 0 aliphatic carbocycles. The highest BCUT2D eigenvalue weighted by atomic mass is 16.6. The number of carbonyl (C=O) groups is 2. The normalized spacial score (nSPS) is 12.4. The first-order valence-corrected chi connectivity index (χ1v) is 9.23. The van der Waals surface area contributed by atoms with E-state index in [0.717, 1.165) is 0 Å². The van der Waals surface area contributed by atoms with Crippen molar-refractivity contribution < 1.29 is 24.0 Å². The molecule has 0 saturated carbocycles. The van der Waals surface area contributed by atoms with Gasteiger partial charge in [-0.25, -0.2) is 9.59 Å². The number of nitro groups is 1. The predicted octanol–water partition coefficient (Wildman–Crippen LogP) is 4.09. The Kier molecular flexibility index (Phi) is 6.89. The molecule has 0 aliphatic rings. The molecule has 2 atom stereocenters. The van der Waals surface area contributed by atoms with Gasteiger partial charge < -0.3 is 9.47 Å². The number of ether oxygens (including phenoxy) is 2. The number of rotatable bonds is 8. The quantitative estimate of drug-likeness (QED) is 0.318. The molecule has 0 spiro atoms. The highest BCUT2D eigenvalue weighted by Crippen LogP contribution is 2.25. The van der Waals surface area contributed by atoms with E-state index in [4.69, 9.17) is 9.47 Å². The molecule has 0 fully saturated rings. The molecule has 0 saturated heterocycles. The molecule has 152 valence electrons. The summed E-state index contributed by atoms with van der Waals surface area (Å²) in [6.07, 6.45) is -1.24. The van der Waals surface area contributed by atoms with Gasteiger partial charge in [0.25, 0.3) is 6.04 Å². The van der Waals surface area contributed by atoms with Crippen molar-refractivity contribution >= 4 is 11.9 Å². The molecule has 7 nitrogen and oxygen atoms in total. The lowest BCUT2D eigenvalue weighted by molar-refractivity contribution is -0.537. The summed E-state index contributed by atoms with van der Waals surface area (Å²) in [6.45, 7) is -0.553. The zero-order valence-corrected chi connectivity index (χ0v) is 15.9. The van der Waals surface area contributed by atoms with E-state index >= 15 is 0 Å². The minimum absolute atomic E-state index is 0.266. The molecule has 0 N–H and O–H groups in total. The van der Waals surface area contributed by atoms with Crippen LogP contribution in [0.2, 0.25) is 0 Å². The van der Waals surface area contributed by atoms with Gasteiger partial charge >= 0.3 is 11.9 Å². The lowest BCUT2D eigenvalue weighted by atomic mass is 10.0. The Bertz CT molecular complexity index is 992. The fourth-order valence-corrected chi connectivity index (χ4v) is 2.85. The standard InChI is InChI=1S/C23H19NO6/c25-22(18-12-6-2-7-13-18)29-16-20(24(27)28)21(17-10-4-1-5-11-17)30-23(26)19-14-8-3-9-15-19/h1-15,20-21H,16H2. The summed E-state index contributed by atoms with van der Waals surface area (Å²) in [4.78, 5) is 36.0. The molecule has 0 heterocycles. The van der Waals surface area contributed by atoms with Crippen molar-refractivity contribution in [2.75, 3.05) is 6.61 Å². The molecular weight excluding hydrogens is 386 g/mol. The fourth-order valence-electron chi connectivity index (χ4n) is 2.85. The zero-order chi connectivity index (χ0) is 21.3. The Balaban J connectivity index is 1.82. The van der Waals surface area contributed by atoms with E-state index in [1.165, 1.54) is 0 Å². The monoisotopic (exact) mass is 405 g/mol. The number of benzene rings is 3. The van der Waals surface area contributed by atoms with Crippen molar-refractivity contribution in [3.05, 3.63) is 118 Å². The van der Waals surface area contributed by atoms with Gasteiger partial charge in [-0.05, 0) is 29.8 Å². The first-order chi connectivity index (χ1) is 14.6. The average Bonchev–Trinajstić information content (AvgIpc) is 2.79. The summed E-state index contributed by atoms with van der Waals surface area (Å²) in [5, 5.41) is 11.8. The van der Waals surface area contributed by atoms with E-state index in [2.05, 4.69) is 0 Å². The van der Waals surface area contributed by atoms with Crippen molar-refractivity contribution in [2.24, 2.45) is 0 Å². The maximum absolute atomic E-state index is 12.6. The highest BCUT2D eigenvalue weighted by molar-refractivity contribution is 5.90. The Morgan fingerprint density at radius 1 is 0.767 bits per heavy atom. The van der Waals surface area contributed by atoms with E-state index in [9.17, 15) is 19.7 Å². The molecule has 0 bridgehead atoms. The second-order valence-electron chi connectivity index (χ2n) is 6.42. The summed E-state index contributed by atoms with van der Waals surface area (Å²) >= 11 is 0. The van der Waals surface area contributed by atoms with Crippen LogP contribution >= 0.6 is 0 Å². The van der Waals surface area contributed by atoms with Crippen molar-refractivity contribution in [2.45, 2.75) is 12.1 Å². The van der Waals surface area contributed by atoms with Crippen LogP contribution in [0.1, 0.15) is 32.4 Å². The molecule has 0 aromatic heterocycles. The van der Waals surface area contributed by atoms with Gasteiger partial charge in [-0.3, -0.25) is 10.1 Å². The van der Waals surface area contributed by atoms with E-state index in [1.54, 1.807) is 91.0 Å².